The van der Waals surface area contributed by atoms with E-state index in [0.717, 1.165) is 32.2 Å². The molecule has 0 rings (SSSR count). The summed E-state index contributed by atoms with van der Waals surface area (Å²) in [5.74, 6) is 0.321. The quantitative estimate of drug-likeness (QED) is 0.596. The number of amides is 1. The molecule has 0 aliphatic heterocycles. The van der Waals surface area contributed by atoms with Gasteiger partial charge in [-0.1, -0.05) is 33.1 Å². The van der Waals surface area contributed by atoms with Crippen molar-refractivity contribution in [3.63, 3.8) is 0 Å². The zero-order valence-electron chi connectivity index (χ0n) is 11.1. The summed E-state index contributed by atoms with van der Waals surface area (Å²) in [5.41, 5.74) is 5.67. The predicted molar refractivity (Wildman–Crippen MR) is 69.2 cm³/mol. The average molecular weight is 228 g/mol. The fraction of sp³-hybridized carbons (Fsp3) is 0.923. The first-order chi connectivity index (χ1) is 7.57. The van der Waals surface area contributed by atoms with Crippen LogP contribution in [0.5, 0.6) is 0 Å². The monoisotopic (exact) mass is 228 g/mol. The van der Waals surface area contributed by atoms with Crippen LogP contribution in [0.1, 0.15) is 59.3 Å². The van der Waals surface area contributed by atoms with Gasteiger partial charge in [0, 0.05) is 18.5 Å². The highest BCUT2D eigenvalue weighted by Crippen LogP contribution is 2.09. The highest BCUT2D eigenvalue weighted by molar-refractivity contribution is 5.78. The topological polar surface area (TPSA) is 55.1 Å². The fourth-order valence-electron chi connectivity index (χ4n) is 1.64. The maximum atomic E-state index is 11.6. The predicted octanol–water partition coefficient (Wildman–Crippen LogP) is 2.45. The van der Waals surface area contributed by atoms with E-state index in [1.54, 1.807) is 0 Å². The van der Waals surface area contributed by atoms with Gasteiger partial charge < -0.3 is 11.1 Å². The molecular formula is C13H28N2O. The zero-order chi connectivity index (χ0) is 12.4. The van der Waals surface area contributed by atoms with Crippen molar-refractivity contribution < 1.29 is 4.79 Å². The second kappa shape index (κ2) is 9.64. The van der Waals surface area contributed by atoms with Crippen LogP contribution in [0.25, 0.3) is 0 Å². The van der Waals surface area contributed by atoms with Gasteiger partial charge in [0.2, 0.25) is 5.91 Å². The number of hydrogen-bond acceptors (Lipinski definition) is 2. The smallest absolute Gasteiger partial charge is 0.222 e. The van der Waals surface area contributed by atoms with Crippen molar-refractivity contribution in [1.82, 2.24) is 5.32 Å². The van der Waals surface area contributed by atoms with Gasteiger partial charge in [0.1, 0.15) is 0 Å². The minimum atomic E-state index is 0.125. The van der Waals surface area contributed by atoms with Crippen molar-refractivity contribution in [2.75, 3.05) is 6.54 Å². The average Bonchev–Trinajstić information content (AvgIpc) is 2.23. The van der Waals surface area contributed by atoms with Gasteiger partial charge in [0.15, 0.2) is 0 Å². The van der Waals surface area contributed by atoms with Crippen LogP contribution < -0.4 is 11.1 Å². The van der Waals surface area contributed by atoms with Crippen LogP contribution in [0.2, 0.25) is 0 Å². The van der Waals surface area contributed by atoms with Crippen LogP contribution in [0, 0.1) is 5.92 Å². The largest absolute Gasteiger partial charge is 0.356 e. The Morgan fingerprint density at radius 2 is 1.88 bits per heavy atom. The van der Waals surface area contributed by atoms with Crippen LogP contribution in [0.15, 0.2) is 0 Å². The lowest BCUT2D eigenvalue weighted by molar-refractivity contribution is -0.124. The first-order valence-electron chi connectivity index (χ1n) is 6.61. The highest BCUT2D eigenvalue weighted by Gasteiger charge is 2.11. The molecule has 0 saturated carbocycles. The van der Waals surface area contributed by atoms with Gasteiger partial charge in [-0.15, -0.1) is 0 Å². The molecule has 0 aromatic carbocycles. The molecule has 3 heteroatoms. The summed E-state index contributed by atoms with van der Waals surface area (Å²) in [6, 6.07) is 0.250. The van der Waals surface area contributed by atoms with Crippen molar-refractivity contribution in [2.45, 2.75) is 65.3 Å². The van der Waals surface area contributed by atoms with Crippen molar-refractivity contribution >= 4 is 5.91 Å². The van der Waals surface area contributed by atoms with Gasteiger partial charge >= 0.3 is 0 Å². The van der Waals surface area contributed by atoms with Crippen molar-refractivity contribution in [2.24, 2.45) is 11.7 Å². The first kappa shape index (κ1) is 15.4. The van der Waals surface area contributed by atoms with E-state index in [-0.39, 0.29) is 17.9 Å². The molecule has 0 bridgehead atoms. The van der Waals surface area contributed by atoms with Gasteiger partial charge in [0.25, 0.3) is 0 Å². The molecule has 3 N–H and O–H groups in total. The van der Waals surface area contributed by atoms with E-state index in [1.807, 2.05) is 13.8 Å². The molecule has 0 saturated heterocycles. The van der Waals surface area contributed by atoms with E-state index < -0.39 is 0 Å². The van der Waals surface area contributed by atoms with E-state index in [0.29, 0.717) is 0 Å². The van der Waals surface area contributed by atoms with Crippen molar-refractivity contribution in [1.29, 1.82) is 0 Å². The molecular weight excluding hydrogens is 200 g/mol. The highest BCUT2D eigenvalue weighted by atomic mass is 16.1. The van der Waals surface area contributed by atoms with E-state index in [4.69, 9.17) is 5.73 Å². The lowest BCUT2D eigenvalue weighted by Gasteiger charge is -2.12. The summed E-state index contributed by atoms with van der Waals surface area (Å²) in [4.78, 5) is 11.6. The van der Waals surface area contributed by atoms with E-state index in [1.165, 1.54) is 12.8 Å². The molecule has 0 aliphatic rings. The first-order valence-corrected chi connectivity index (χ1v) is 6.61. The lowest BCUT2D eigenvalue weighted by Crippen LogP contribution is -2.30. The molecule has 0 radical (unpaired) electrons. The summed E-state index contributed by atoms with van der Waals surface area (Å²) in [7, 11) is 0. The Balaban J connectivity index is 3.49. The summed E-state index contributed by atoms with van der Waals surface area (Å²) in [6.07, 6.45) is 6.48. The molecule has 2 unspecified atom stereocenters. The van der Waals surface area contributed by atoms with Gasteiger partial charge in [-0.05, 0) is 26.2 Å². The summed E-state index contributed by atoms with van der Waals surface area (Å²) >= 11 is 0. The molecule has 0 aliphatic carbocycles. The Morgan fingerprint density at radius 1 is 1.19 bits per heavy atom. The third kappa shape index (κ3) is 8.72. The Hall–Kier alpha value is -0.570. The number of rotatable bonds is 9. The normalized spacial score (nSPS) is 14.5. The summed E-state index contributed by atoms with van der Waals surface area (Å²) < 4.78 is 0. The second-order valence-corrected chi connectivity index (χ2v) is 4.81. The molecule has 0 spiro atoms. The SMILES string of the molecule is CCCCCNC(=O)C(C)CCCC(C)N. The van der Waals surface area contributed by atoms with E-state index >= 15 is 0 Å². The number of hydrogen-bond donors (Lipinski definition) is 2. The number of nitrogens with two attached hydrogens (primary N) is 1. The van der Waals surface area contributed by atoms with Crippen LogP contribution in [0.3, 0.4) is 0 Å². The Bertz CT molecular complexity index is 181. The Kier molecular flexibility index (Phi) is 9.30. The van der Waals surface area contributed by atoms with Crippen molar-refractivity contribution in [3.05, 3.63) is 0 Å². The van der Waals surface area contributed by atoms with Crippen LogP contribution in [-0.2, 0) is 4.79 Å². The van der Waals surface area contributed by atoms with E-state index in [9.17, 15) is 4.79 Å². The van der Waals surface area contributed by atoms with Gasteiger partial charge in [-0.25, -0.2) is 0 Å². The van der Waals surface area contributed by atoms with Gasteiger partial charge in [0.05, 0.1) is 0 Å². The maximum Gasteiger partial charge on any atom is 0.222 e. The number of nitrogens with one attached hydrogen (secondary N) is 1. The van der Waals surface area contributed by atoms with Crippen molar-refractivity contribution in [3.8, 4) is 0 Å². The minimum Gasteiger partial charge on any atom is -0.356 e. The third-order valence-corrected chi connectivity index (χ3v) is 2.82. The molecule has 0 heterocycles. The molecule has 3 nitrogen and oxygen atoms in total. The second-order valence-electron chi connectivity index (χ2n) is 4.81. The molecule has 1 amide bonds. The Labute approximate surface area is 100 Å². The van der Waals surface area contributed by atoms with Crippen LogP contribution in [0.4, 0.5) is 0 Å². The summed E-state index contributed by atoms with van der Waals surface area (Å²) in [5, 5.41) is 2.99. The number of carbonyl (C=O) groups excluding carboxylic acids is 1. The molecule has 2 atom stereocenters. The standard InChI is InChI=1S/C13H28N2O/c1-4-5-6-10-15-13(16)11(2)8-7-9-12(3)14/h11-12H,4-10,14H2,1-3H3,(H,15,16). The number of carbonyl (C=O) groups is 1. The molecule has 96 valence electrons. The third-order valence-electron chi connectivity index (χ3n) is 2.82. The van der Waals surface area contributed by atoms with E-state index in [2.05, 4.69) is 12.2 Å². The molecule has 0 aromatic heterocycles. The fourth-order valence-corrected chi connectivity index (χ4v) is 1.64. The molecule has 0 fully saturated rings. The Morgan fingerprint density at radius 3 is 2.44 bits per heavy atom. The summed E-state index contributed by atoms with van der Waals surface area (Å²) in [6.45, 7) is 6.99. The molecule has 0 aromatic rings. The number of unbranched alkanes of at least 4 members (excludes halogenated alkanes) is 2. The molecule has 16 heavy (non-hydrogen) atoms. The van der Waals surface area contributed by atoms with Gasteiger partial charge in [-0.3, -0.25) is 4.79 Å². The minimum absolute atomic E-state index is 0.125. The van der Waals surface area contributed by atoms with Gasteiger partial charge in [-0.2, -0.15) is 0 Å². The van der Waals surface area contributed by atoms with Crippen LogP contribution >= 0.6 is 0 Å². The van der Waals surface area contributed by atoms with Crippen LogP contribution in [-0.4, -0.2) is 18.5 Å². The maximum absolute atomic E-state index is 11.6. The zero-order valence-corrected chi connectivity index (χ0v) is 11.1. The lowest BCUT2D eigenvalue weighted by atomic mass is 10.0.